The maximum absolute atomic E-state index is 12.8. The first-order chi connectivity index (χ1) is 13.5. The number of aryl methyl sites for hydroxylation is 2. The van der Waals surface area contributed by atoms with E-state index in [0.717, 1.165) is 27.5 Å². The van der Waals surface area contributed by atoms with Crippen molar-refractivity contribution >= 4 is 34.3 Å². The van der Waals surface area contributed by atoms with Gasteiger partial charge in [-0.2, -0.15) is 5.10 Å². The molecule has 1 unspecified atom stereocenters. The van der Waals surface area contributed by atoms with Gasteiger partial charge in [-0.3, -0.25) is 4.79 Å². The van der Waals surface area contributed by atoms with Crippen molar-refractivity contribution < 1.29 is 4.79 Å². The molecule has 0 radical (unpaired) electrons. The van der Waals surface area contributed by atoms with Gasteiger partial charge in [-0.1, -0.05) is 24.3 Å². The highest BCUT2D eigenvalue weighted by Crippen LogP contribution is 2.31. The standard InChI is InChI=1S/C22H22N4OS/c1-14-12-15(2)26(25-14)18-8-5-16(6-9-18)22(27)24-20-13-17(7-10-19(20)23)21-4-3-11-28-21/h3-5,7-13,16H,6,23H2,1-2H3,(H,24,27). The maximum Gasteiger partial charge on any atom is 0.231 e. The zero-order valence-corrected chi connectivity index (χ0v) is 16.7. The van der Waals surface area contributed by atoms with Crippen LogP contribution in [0, 0.1) is 19.8 Å². The molecule has 2 heterocycles. The molecule has 2 aromatic heterocycles. The summed E-state index contributed by atoms with van der Waals surface area (Å²) in [5, 5.41) is 9.52. The van der Waals surface area contributed by atoms with Crippen molar-refractivity contribution in [2.45, 2.75) is 20.3 Å². The highest BCUT2D eigenvalue weighted by molar-refractivity contribution is 7.13. The molecule has 1 aliphatic rings. The first-order valence-electron chi connectivity index (χ1n) is 9.17. The summed E-state index contributed by atoms with van der Waals surface area (Å²) >= 11 is 1.66. The number of hydrogen-bond donors (Lipinski definition) is 2. The van der Waals surface area contributed by atoms with E-state index in [9.17, 15) is 4.79 Å². The van der Waals surface area contributed by atoms with Gasteiger partial charge in [0.2, 0.25) is 5.91 Å². The van der Waals surface area contributed by atoms with Crippen molar-refractivity contribution in [2.24, 2.45) is 5.92 Å². The number of benzene rings is 1. The molecule has 0 saturated carbocycles. The molecule has 1 atom stereocenters. The molecule has 28 heavy (non-hydrogen) atoms. The third-order valence-electron chi connectivity index (χ3n) is 4.79. The number of thiophene rings is 1. The molecule has 3 N–H and O–H groups in total. The lowest BCUT2D eigenvalue weighted by Gasteiger charge is -2.18. The maximum atomic E-state index is 12.8. The molecule has 0 saturated heterocycles. The Morgan fingerprint density at radius 3 is 2.79 bits per heavy atom. The van der Waals surface area contributed by atoms with E-state index in [1.807, 2.05) is 66.4 Å². The molecule has 0 spiro atoms. The second kappa shape index (κ2) is 7.48. The normalized spacial score (nSPS) is 16.1. The molecule has 1 aliphatic carbocycles. The molecule has 1 aromatic carbocycles. The van der Waals surface area contributed by atoms with E-state index in [2.05, 4.69) is 22.6 Å². The molecular formula is C22H22N4OS. The summed E-state index contributed by atoms with van der Waals surface area (Å²) in [6.45, 7) is 4.00. The monoisotopic (exact) mass is 390 g/mol. The van der Waals surface area contributed by atoms with Crippen LogP contribution in [0.1, 0.15) is 17.8 Å². The summed E-state index contributed by atoms with van der Waals surface area (Å²) in [6, 6.07) is 11.8. The molecule has 142 valence electrons. The van der Waals surface area contributed by atoms with Crippen molar-refractivity contribution in [3.05, 3.63) is 71.4 Å². The zero-order valence-electron chi connectivity index (χ0n) is 15.8. The van der Waals surface area contributed by atoms with Crippen molar-refractivity contribution in [3.8, 4) is 10.4 Å². The summed E-state index contributed by atoms with van der Waals surface area (Å²) in [4.78, 5) is 13.9. The number of rotatable bonds is 4. The fraction of sp³-hybridized carbons (Fsp3) is 0.182. The van der Waals surface area contributed by atoms with Gasteiger partial charge in [-0.15, -0.1) is 11.3 Å². The van der Waals surface area contributed by atoms with Crippen molar-refractivity contribution in [2.75, 3.05) is 11.1 Å². The molecule has 0 bridgehead atoms. The molecule has 6 heteroatoms. The predicted octanol–water partition coefficient (Wildman–Crippen LogP) is 4.87. The van der Waals surface area contributed by atoms with E-state index in [-0.39, 0.29) is 11.8 Å². The Balaban J connectivity index is 1.48. The van der Waals surface area contributed by atoms with Crippen molar-refractivity contribution in [3.63, 3.8) is 0 Å². The van der Waals surface area contributed by atoms with Gasteiger partial charge in [-0.05, 0) is 61.6 Å². The second-order valence-corrected chi connectivity index (χ2v) is 7.89. The number of nitrogens with one attached hydrogen (secondary N) is 1. The number of nitrogen functional groups attached to an aromatic ring is 1. The summed E-state index contributed by atoms with van der Waals surface area (Å²) in [5.74, 6) is -0.291. The smallest absolute Gasteiger partial charge is 0.231 e. The van der Waals surface area contributed by atoms with Gasteiger partial charge < -0.3 is 11.1 Å². The fourth-order valence-electron chi connectivity index (χ4n) is 3.34. The molecule has 3 aromatic rings. The van der Waals surface area contributed by atoms with Gasteiger partial charge in [0, 0.05) is 10.6 Å². The first-order valence-corrected chi connectivity index (χ1v) is 10.1. The minimum absolute atomic E-state index is 0.0602. The summed E-state index contributed by atoms with van der Waals surface area (Å²) in [6.07, 6.45) is 6.56. The van der Waals surface area contributed by atoms with Gasteiger partial charge in [0.25, 0.3) is 0 Å². The molecule has 5 nitrogen and oxygen atoms in total. The van der Waals surface area contributed by atoms with Gasteiger partial charge >= 0.3 is 0 Å². The van der Waals surface area contributed by atoms with Gasteiger partial charge in [0.1, 0.15) is 0 Å². The molecular weight excluding hydrogens is 368 g/mol. The predicted molar refractivity (Wildman–Crippen MR) is 116 cm³/mol. The van der Waals surface area contributed by atoms with E-state index in [1.165, 1.54) is 0 Å². The third kappa shape index (κ3) is 3.64. The number of nitrogens with zero attached hydrogens (tertiary/aromatic N) is 2. The highest BCUT2D eigenvalue weighted by atomic mass is 32.1. The summed E-state index contributed by atoms with van der Waals surface area (Å²) < 4.78 is 1.91. The van der Waals surface area contributed by atoms with Crippen molar-refractivity contribution in [1.82, 2.24) is 9.78 Å². The van der Waals surface area contributed by atoms with Crippen LogP contribution in [0.25, 0.3) is 16.1 Å². The Bertz CT molecular complexity index is 1080. The van der Waals surface area contributed by atoms with Gasteiger partial charge in [-0.25, -0.2) is 4.68 Å². The molecule has 0 fully saturated rings. The molecule has 4 rings (SSSR count). The Morgan fingerprint density at radius 1 is 1.29 bits per heavy atom. The number of allylic oxidation sites excluding steroid dienone is 3. The van der Waals surface area contributed by atoms with Gasteiger partial charge in [0.05, 0.1) is 28.7 Å². The Hall–Kier alpha value is -3.12. The lowest BCUT2D eigenvalue weighted by atomic mass is 9.98. The lowest BCUT2D eigenvalue weighted by molar-refractivity contribution is -0.118. The number of hydrogen-bond acceptors (Lipinski definition) is 4. The van der Waals surface area contributed by atoms with Crippen LogP contribution >= 0.6 is 11.3 Å². The summed E-state index contributed by atoms with van der Waals surface area (Å²) in [7, 11) is 0. The quantitative estimate of drug-likeness (QED) is 0.625. The van der Waals surface area contributed by atoms with Crippen molar-refractivity contribution in [1.29, 1.82) is 0 Å². The van der Waals surface area contributed by atoms with Crippen LogP contribution in [-0.2, 0) is 4.79 Å². The van der Waals surface area contributed by atoms with Crippen LogP contribution in [0.4, 0.5) is 11.4 Å². The second-order valence-electron chi connectivity index (χ2n) is 6.94. The molecule has 0 aliphatic heterocycles. The fourth-order valence-corrected chi connectivity index (χ4v) is 4.06. The van der Waals surface area contributed by atoms with Crippen LogP contribution in [-0.4, -0.2) is 15.7 Å². The number of nitrogens with two attached hydrogens (primary N) is 1. The minimum Gasteiger partial charge on any atom is -0.397 e. The Morgan fingerprint density at radius 2 is 2.14 bits per heavy atom. The van der Waals surface area contributed by atoms with Crippen LogP contribution in [0.5, 0.6) is 0 Å². The van der Waals surface area contributed by atoms with Crippen LogP contribution in [0.2, 0.25) is 0 Å². The largest absolute Gasteiger partial charge is 0.397 e. The summed E-state index contributed by atoms with van der Waals surface area (Å²) in [5.41, 5.74) is 11.4. The average Bonchev–Trinajstić information content (AvgIpc) is 3.33. The molecule has 1 amide bonds. The third-order valence-corrected chi connectivity index (χ3v) is 5.71. The Labute approximate surface area is 168 Å². The first kappa shape index (κ1) is 18.3. The number of carbonyl (C=O) groups is 1. The van der Waals surface area contributed by atoms with E-state index >= 15 is 0 Å². The van der Waals surface area contributed by atoms with Crippen LogP contribution in [0.15, 0.2) is 60.0 Å². The van der Waals surface area contributed by atoms with E-state index in [1.54, 1.807) is 11.3 Å². The Kier molecular flexibility index (Phi) is 4.88. The van der Waals surface area contributed by atoms with E-state index in [4.69, 9.17) is 5.73 Å². The number of aromatic nitrogens is 2. The van der Waals surface area contributed by atoms with E-state index in [0.29, 0.717) is 17.8 Å². The minimum atomic E-state index is -0.231. The number of anilines is 2. The van der Waals surface area contributed by atoms with Crippen LogP contribution in [0.3, 0.4) is 0 Å². The topological polar surface area (TPSA) is 72.9 Å². The number of amides is 1. The lowest BCUT2D eigenvalue weighted by Crippen LogP contribution is -2.23. The number of carbonyl (C=O) groups excluding carboxylic acids is 1. The SMILES string of the molecule is Cc1cc(C)n(C2=CCC(C(=O)Nc3cc(-c4cccs4)ccc3N)C=C2)n1. The van der Waals surface area contributed by atoms with E-state index < -0.39 is 0 Å². The average molecular weight is 391 g/mol. The zero-order chi connectivity index (χ0) is 19.7. The van der Waals surface area contributed by atoms with Crippen LogP contribution < -0.4 is 11.1 Å². The highest BCUT2D eigenvalue weighted by Gasteiger charge is 2.19. The van der Waals surface area contributed by atoms with Gasteiger partial charge in [0.15, 0.2) is 0 Å².